The van der Waals surface area contributed by atoms with Crippen LogP contribution in [0.4, 0.5) is 29.3 Å². The molecular formula is C31H35F3N4O5. The second-order valence-electron chi connectivity index (χ2n) is 11.2. The molecule has 9 nitrogen and oxygen atoms in total. The fraction of sp³-hybridized carbons (Fsp3) is 0.419. The first-order valence-electron chi connectivity index (χ1n) is 13.8. The number of carbonyl (C=O) groups excluding carboxylic acids is 1. The quantitative estimate of drug-likeness (QED) is 0.278. The van der Waals surface area contributed by atoms with Crippen LogP contribution in [0.1, 0.15) is 49.7 Å². The van der Waals surface area contributed by atoms with E-state index in [1.165, 1.54) is 19.2 Å². The van der Waals surface area contributed by atoms with Crippen LogP contribution in [0.25, 0.3) is 10.9 Å². The van der Waals surface area contributed by atoms with E-state index in [0.29, 0.717) is 54.0 Å². The number of carboxylic acid groups (broad SMARTS) is 1. The predicted molar refractivity (Wildman–Crippen MR) is 158 cm³/mol. The minimum Gasteiger partial charge on any atom is -0.495 e. The van der Waals surface area contributed by atoms with E-state index in [9.17, 15) is 27.9 Å². The van der Waals surface area contributed by atoms with Crippen LogP contribution >= 0.6 is 0 Å². The summed E-state index contributed by atoms with van der Waals surface area (Å²) in [4.78, 5) is 25.3. The van der Waals surface area contributed by atoms with Gasteiger partial charge in [-0.3, -0.25) is 0 Å². The van der Waals surface area contributed by atoms with Crippen molar-refractivity contribution in [1.82, 2.24) is 9.47 Å². The SMILES string of the molecule is COc1cc(C(=O)O)ccc1NCC#Cc1cc2c(NC3CCN(C(=O)OC(C)(C)C)CC3)cccc2n1CC(F)(F)F. The smallest absolute Gasteiger partial charge is 0.410 e. The average Bonchev–Trinajstić information content (AvgIpc) is 3.27. The van der Waals surface area contributed by atoms with Crippen molar-refractivity contribution in [3.05, 3.63) is 53.7 Å². The van der Waals surface area contributed by atoms with Gasteiger partial charge in [0.2, 0.25) is 0 Å². The highest BCUT2D eigenvalue weighted by atomic mass is 19.4. The number of benzene rings is 2. The van der Waals surface area contributed by atoms with E-state index in [-0.39, 0.29) is 29.9 Å². The van der Waals surface area contributed by atoms with E-state index in [0.717, 1.165) is 4.57 Å². The molecule has 0 bridgehead atoms. The van der Waals surface area contributed by atoms with E-state index < -0.39 is 24.3 Å². The number of anilines is 2. The third kappa shape index (κ3) is 8.28. The third-order valence-electron chi connectivity index (χ3n) is 6.82. The van der Waals surface area contributed by atoms with Crippen LogP contribution in [0.15, 0.2) is 42.5 Å². The van der Waals surface area contributed by atoms with Crippen molar-refractivity contribution in [1.29, 1.82) is 0 Å². The summed E-state index contributed by atoms with van der Waals surface area (Å²) in [6, 6.07) is 11.2. The molecule has 1 saturated heterocycles. The number of hydrogen-bond donors (Lipinski definition) is 3. The van der Waals surface area contributed by atoms with Crippen LogP contribution < -0.4 is 15.4 Å². The molecule has 0 radical (unpaired) electrons. The van der Waals surface area contributed by atoms with Crippen molar-refractivity contribution in [2.45, 2.75) is 58.0 Å². The Morgan fingerprint density at radius 2 is 1.79 bits per heavy atom. The van der Waals surface area contributed by atoms with Crippen molar-refractivity contribution in [2.75, 3.05) is 37.4 Å². The highest BCUT2D eigenvalue weighted by Gasteiger charge is 2.31. The number of carboxylic acids is 1. The maximum absolute atomic E-state index is 13.6. The van der Waals surface area contributed by atoms with Crippen LogP contribution in [0.2, 0.25) is 0 Å². The van der Waals surface area contributed by atoms with E-state index in [4.69, 9.17) is 9.47 Å². The summed E-state index contributed by atoms with van der Waals surface area (Å²) in [6.45, 7) is 5.35. The fourth-order valence-electron chi connectivity index (χ4n) is 4.86. The number of carbonyl (C=O) groups is 2. The second kappa shape index (κ2) is 12.8. The zero-order chi connectivity index (χ0) is 31.4. The number of nitrogens with zero attached hydrogens (tertiary/aromatic N) is 2. The Balaban J connectivity index is 1.52. The molecule has 0 saturated carbocycles. The van der Waals surface area contributed by atoms with Gasteiger partial charge < -0.3 is 34.7 Å². The van der Waals surface area contributed by atoms with Gasteiger partial charge in [-0.05, 0) is 75.9 Å². The average molecular weight is 601 g/mol. The monoisotopic (exact) mass is 600 g/mol. The van der Waals surface area contributed by atoms with Crippen LogP contribution in [0.3, 0.4) is 0 Å². The molecule has 3 aromatic rings. The van der Waals surface area contributed by atoms with Crippen LogP contribution in [0, 0.1) is 11.8 Å². The summed E-state index contributed by atoms with van der Waals surface area (Å²) in [5.74, 6) is 4.94. The van der Waals surface area contributed by atoms with Gasteiger partial charge in [0.15, 0.2) is 0 Å². The van der Waals surface area contributed by atoms with Gasteiger partial charge >= 0.3 is 18.2 Å². The van der Waals surface area contributed by atoms with Crippen LogP contribution in [-0.4, -0.2) is 71.2 Å². The summed E-state index contributed by atoms with van der Waals surface area (Å²) in [5, 5.41) is 16.3. The van der Waals surface area contributed by atoms with Crippen molar-refractivity contribution in [3.63, 3.8) is 0 Å². The standard InChI is InChI=1S/C31H35F3N4O5/c1-30(2,3)43-29(41)37-15-12-21(13-16-37)36-24-8-5-9-26-23(24)18-22(38(26)19-31(32,33)34)7-6-14-35-25-11-10-20(28(39)40)17-27(25)42-4/h5,8-11,17-18,21,35-36H,12-16,19H2,1-4H3,(H,39,40). The molecule has 0 unspecified atom stereocenters. The molecule has 0 spiro atoms. The summed E-state index contributed by atoms with van der Waals surface area (Å²) < 4.78 is 52.6. The van der Waals surface area contributed by atoms with Gasteiger partial charge in [0, 0.05) is 30.2 Å². The minimum absolute atomic E-state index is 0.0245. The van der Waals surface area contributed by atoms with Gasteiger partial charge in [-0.25, -0.2) is 9.59 Å². The number of methoxy groups -OCH3 is 1. The number of aromatic nitrogens is 1. The number of ether oxygens (including phenoxy) is 2. The molecule has 43 heavy (non-hydrogen) atoms. The molecule has 1 aromatic heterocycles. The van der Waals surface area contributed by atoms with E-state index in [1.54, 1.807) is 29.2 Å². The number of alkyl halides is 3. The first-order chi connectivity index (χ1) is 20.2. The maximum Gasteiger partial charge on any atom is 0.410 e. The van der Waals surface area contributed by atoms with Gasteiger partial charge in [-0.1, -0.05) is 12.0 Å². The highest BCUT2D eigenvalue weighted by Crippen LogP contribution is 2.31. The predicted octanol–water partition coefficient (Wildman–Crippen LogP) is 6.19. The maximum atomic E-state index is 13.6. The van der Waals surface area contributed by atoms with Crippen LogP contribution in [0.5, 0.6) is 5.75 Å². The van der Waals surface area contributed by atoms with Crippen molar-refractivity contribution < 1.29 is 37.3 Å². The Bertz CT molecular complexity index is 1540. The number of likely N-dealkylation sites (tertiary alicyclic amines) is 1. The Morgan fingerprint density at radius 3 is 2.42 bits per heavy atom. The van der Waals surface area contributed by atoms with Crippen molar-refractivity contribution >= 4 is 34.3 Å². The lowest BCUT2D eigenvalue weighted by Crippen LogP contribution is -2.44. The number of nitrogens with one attached hydrogen (secondary N) is 2. The molecule has 4 rings (SSSR count). The van der Waals surface area contributed by atoms with Gasteiger partial charge in [-0.15, -0.1) is 0 Å². The molecule has 2 heterocycles. The molecule has 230 valence electrons. The molecule has 1 aliphatic rings. The molecule has 1 aliphatic heterocycles. The summed E-state index contributed by atoms with van der Waals surface area (Å²) in [5.41, 5.74) is 1.28. The number of fused-ring (bicyclic) bond motifs is 1. The summed E-state index contributed by atoms with van der Waals surface area (Å²) in [6.07, 6.45) is -3.49. The molecule has 0 aliphatic carbocycles. The van der Waals surface area contributed by atoms with Crippen molar-refractivity contribution in [2.24, 2.45) is 0 Å². The third-order valence-corrected chi connectivity index (χ3v) is 6.82. The largest absolute Gasteiger partial charge is 0.495 e. The van der Waals surface area contributed by atoms with Crippen molar-refractivity contribution in [3.8, 4) is 17.6 Å². The number of rotatable bonds is 7. The zero-order valence-corrected chi connectivity index (χ0v) is 24.5. The topological polar surface area (TPSA) is 105 Å². The van der Waals surface area contributed by atoms with Gasteiger partial charge in [0.1, 0.15) is 17.9 Å². The number of aromatic carboxylic acids is 1. The highest BCUT2D eigenvalue weighted by molar-refractivity contribution is 5.94. The zero-order valence-electron chi connectivity index (χ0n) is 24.5. The number of hydrogen-bond acceptors (Lipinski definition) is 6. The molecule has 3 N–H and O–H groups in total. The fourth-order valence-corrected chi connectivity index (χ4v) is 4.86. The Hall–Kier alpha value is -4.53. The normalized spacial score (nSPS) is 14.2. The second-order valence-corrected chi connectivity index (χ2v) is 11.2. The number of piperidine rings is 1. The van der Waals surface area contributed by atoms with Crippen LogP contribution in [-0.2, 0) is 11.3 Å². The lowest BCUT2D eigenvalue weighted by atomic mass is 10.0. The molecular weight excluding hydrogens is 565 g/mol. The van der Waals surface area contributed by atoms with E-state index in [2.05, 4.69) is 22.5 Å². The van der Waals surface area contributed by atoms with Gasteiger partial charge in [0.25, 0.3) is 0 Å². The van der Waals surface area contributed by atoms with Gasteiger partial charge in [0.05, 0.1) is 36.1 Å². The number of halogens is 3. The summed E-state index contributed by atoms with van der Waals surface area (Å²) in [7, 11) is 1.41. The lowest BCUT2D eigenvalue weighted by molar-refractivity contribution is -0.140. The Labute approximate surface area is 247 Å². The minimum atomic E-state index is -4.46. The van der Waals surface area contributed by atoms with E-state index in [1.807, 2.05) is 26.8 Å². The lowest BCUT2D eigenvalue weighted by Gasteiger charge is -2.34. The van der Waals surface area contributed by atoms with E-state index >= 15 is 0 Å². The first kappa shape index (κ1) is 31.4. The molecule has 1 fully saturated rings. The van der Waals surface area contributed by atoms with Gasteiger partial charge in [-0.2, -0.15) is 13.2 Å². The molecule has 0 atom stereocenters. The number of amides is 1. The Kier molecular flexibility index (Phi) is 9.33. The summed E-state index contributed by atoms with van der Waals surface area (Å²) >= 11 is 0. The molecule has 12 heteroatoms. The first-order valence-corrected chi connectivity index (χ1v) is 13.8. The molecule has 1 amide bonds. The Morgan fingerprint density at radius 1 is 1.07 bits per heavy atom. The molecule has 2 aromatic carbocycles.